The van der Waals surface area contributed by atoms with Gasteiger partial charge in [-0.1, -0.05) is 18.2 Å². The zero-order valence-corrected chi connectivity index (χ0v) is 7.60. The zero-order chi connectivity index (χ0) is 9.68. The van der Waals surface area contributed by atoms with Crippen molar-refractivity contribution in [3.63, 3.8) is 0 Å². The van der Waals surface area contributed by atoms with Crippen LogP contribution in [-0.4, -0.2) is 29.5 Å². The number of benzene rings is 1. The first-order chi connectivity index (χ1) is 6.27. The summed E-state index contributed by atoms with van der Waals surface area (Å²) in [5, 5.41) is 17.6. The summed E-state index contributed by atoms with van der Waals surface area (Å²) in [6.45, 7) is 1.57. The third-order valence-electron chi connectivity index (χ3n) is 1.79. The highest BCUT2D eigenvalue weighted by Gasteiger charge is 2.08. The summed E-state index contributed by atoms with van der Waals surface area (Å²) < 4.78 is 5.34. The van der Waals surface area contributed by atoms with Crippen LogP contribution in [-0.2, 0) is 0 Å². The first-order valence-corrected chi connectivity index (χ1v) is 4.22. The number of para-hydroxylation sites is 1. The summed E-state index contributed by atoms with van der Waals surface area (Å²) in [6.07, 6.45) is -0.527. The van der Waals surface area contributed by atoms with Gasteiger partial charge in [-0.3, -0.25) is 0 Å². The van der Waals surface area contributed by atoms with Gasteiger partial charge in [0, 0.05) is 0 Å². The summed E-state index contributed by atoms with van der Waals surface area (Å²) in [5.74, 6) is 0.704. The van der Waals surface area contributed by atoms with Crippen LogP contribution < -0.4 is 4.74 Å². The van der Waals surface area contributed by atoms with E-state index in [0.717, 1.165) is 5.56 Å². The summed E-state index contributed by atoms with van der Waals surface area (Å²) in [7, 11) is 0. The molecule has 0 radical (unpaired) electrons. The van der Waals surface area contributed by atoms with E-state index in [-0.39, 0.29) is 13.2 Å². The van der Waals surface area contributed by atoms with E-state index < -0.39 is 6.10 Å². The van der Waals surface area contributed by atoms with Gasteiger partial charge in [-0.25, -0.2) is 0 Å². The second-order valence-electron chi connectivity index (χ2n) is 2.87. The normalized spacial score (nSPS) is 10.5. The Labute approximate surface area is 77.6 Å². The molecule has 3 heteroatoms. The molecule has 13 heavy (non-hydrogen) atoms. The molecule has 3 nitrogen and oxygen atoms in total. The fourth-order valence-electron chi connectivity index (χ4n) is 1.00. The molecule has 72 valence electrons. The summed E-state index contributed by atoms with van der Waals surface area (Å²) in [4.78, 5) is 0. The maximum absolute atomic E-state index is 8.79. The molecule has 0 heterocycles. The van der Waals surface area contributed by atoms with Gasteiger partial charge in [-0.15, -0.1) is 0 Å². The van der Waals surface area contributed by atoms with Crippen molar-refractivity contribution in [1.82, 2.24) is 0 Å². The van der Waals surface area contributed by atoms with Gasteiger partial charge in [0.25, 0.3) is 0 Å². The molecule has 0 aromatic heterocycles. The first kappa shape index (κ1) is 10.0. The predicted octanol–water partition coefficient (Wildman–Crippen LogP) is 0.727. The van der Waals surface area contributed by atoms with Crippen molar-refractivity contribution in [2.75, 3.05) is 13.2 Å². The third kappa shape index (κ3) is 2.72. The summed E-state index contributed by atoms with van der Waals surface area (Å²) in [5.41, 5.74) is 0.995. The number of aryl methyl sites for hydroxylation is 1. The molecule has 1 aromatic rings. The predicted molar refractivity (Wildman–Crippen MR) is 49.8 cm³/mol. The van der Waals surface area contributed by atoms with E-state index in [9.17, 15) is 0 Å². The summed E-state index contributed by atoms with van der Waals surface area (Å²) >= 11 is 0. The van der Waals surface area contributed by atoms with Crippen molar-refractivity contribution in [2.24, 2.45) is 0 Å². The smallest absolute Gasteiger partial charge is 0.145 e. The molecule has 0 saturated heterocycles. The highest BCUT2D eigenvalue weighted by molar-refractivity contribution is 5.31. The molecule has 0 spiro atoms. The van der Waals surface area contributed by atoms with Gasteiger partial charge in [0.1, 0.15) is 11.9 Å². The highest BCUT2D eigenvalue weighted by atomic mass is 16.5. The van der Waals surface area contributed by atoms with Crippen molar-refractivity contribution in [1.29, 1.82) is 0 Å². The number of hydrogen-bond acceptors (Lipinski definition) is 3. The first-order valence-electron chi connectivity index (χ1n) is 4.22. The molecular weight excluding hydrogens is 168 g/mol. The molecule has 0 aliphatic heterocycles. The largest absolute Gasteiger partial charge is 0.485 e. The number of aliphatic hydroxyl groups excluding tert-OH is 2. The highest BCUT2D eigenvalue weighted by Crippen LogP contribution is 2.17. The molecule has 0 atom stereocenters. The zero-order valence-electron chi connectivity index (χ0n) is 7.60. The molecular formula is C10H14O3. The van der Waals surface area contributed by atoms with Gasteiger partial charge in [0.2, 0.25) is 0 Å². The maximum Gasteiger partial charge on any atom is 0.145 e. The van der Waals surface area contributed by atoms with E-state index in [1.807, 2.05) is 31.2 Å². The lowest BCUT2D eigenvalue weighted by atomic mass is 10.2. The van der Waals surface area contributed by atoms with E-state index in [2.05, 4.69) is 0 Å². The van der Waals surface area contributed by atoms with Crippen molar-refractivity contribution in [2.45, 2.75) is 13.0 Å². The van der Waals surface area contributed by atoms with Crippen LogP contribution in [0.1, 0.15) is 5.56 Å². The van der Waals surface area contributed by atoms with E-state index in [0.29, 0.717) is 5.75 Å². The van der Waals surface area contributed by atoms with Crippen LogP contribution >= 0.6 is 0 Å². The molecule has 2 N–H and O–H groups in total. The molecule has 1 rings (SSSR count). The van der Waals surface area contributed by atoms with E-state index in [4.69, 9.17) is 14.9 Å². The van der Waals surface area contributed by atoms with Crippen LogP contribution in [0, 0.1) is 6.92 Å². The molecule has 0 saturated carbocycles. The second kappa shape index (κ2) is 4.84. The fraction of sp³-hybridized carbons (Fsp3) is 0.400. The van der Waals surface area contributed by atoms with Crippen LogP contribution in [0.3, 0.4) is 0 Å². The van der Waals surface area contributed by atoms with Gasteiger partial charge < -0.3 is 14.9 Å². The molecule has 0 bridgehead atoms. The molecule has 0 fully saturated rings. The molecule has 0 aliphatic rings. The molecule has 0 aliphatic carbocycles. The Morgan fingerprint density at radius 2 is 1.85 bits per heavy atom. The van der Waals surface area contributed by atoms with Gasteiger partial charge >= 0.3 is 0 Å². The Kier molecular flexibility index (Phi) is 3.73. The average Bonchev–Trinajstić information content (AvgIpc) is 2.17. The Bertz CT molecular complexity index is 256. The maximum atomic E-state index is 8.79. The number of hydrogen-bond donors (Lipinski definition) is 2. The quantitative estimate of drug-likeness (QED) is 0.721. The van der Waals surface area contributed by atoms with Gasteiger partial charge in [0.15, 0.2) is 0 Å². The van der Waals surface area contributed by atoms with E-state index in [1.54, 1.807) is 0 Å². The van der Waals surface area contributed by atoms with Gasteiger partial charge in [0.05, 0.1) is 13.2 Å². The lowest BCUT2D eigenvalue weighted by Gasteiger charge is -2.15. The topological polar surface area (TPSA) is 49.7 Å². The SMILES string of the molecule is Cc1ccccc1OC(CO)CO. The van der Waals surface area contributed by atoms with E-state index >= 15 is 0 Å². The van der Waals surface area contributed by atoms with Crippen molar-refractivity contribution in [3.05, 3.63) is 29.8 Å². The molecule has 1 aromatic carbocycles. The number of aliphatic hydroxyl groups is 2. The Balaban J connectivity index is 2.67. The minimum Gasteiger partial charge on any atom is -0.485 e. The van der Waals surface area contributed by atoms with Gasteiger partial charge in [-0.2, -0.15) is 0 Å². The second-order valence-corrected chi connectivity index (χ2v) is 2.87. The van der Waals surface area contributed by atoms with Crippen LogP contribution in [0.15, 0.2) is 24.3 Å². The van der Waals surface area contributed by atoms with Crippen LogP contribution in [0.2, 0.25) is 0 Å². The van der Waals surface area contributed by atoms with Crippen LogP contribution in [0.25, 0.3) is 0 Å². The number of ether oxygens (including phenoxy) is 1. The lowest BCUT2D eigenvalue weighted by Crippen LogP contribution is -2.25. The fourth-order valence-corrected chi connectivity index (χ4v) is 1.00. The minimum atomic E-state index is -0.527. The van der Waals surface area contributed by atoms with E-state index in [1.165, 1.54) is 0 Å². The Morgan fingerprint density at radius 1 is 1.23 bits per heavy atom. The Hall–Kier alpha value is -1.06. The minimum absolute atomic E-state index is 0.176. The molecule has 0 unspecified atom stereocenters. The van der Waals surface area contributed by atoms with Crippen molar-refractivity contribution in [3.8, 4) is 5.75 Å². The lowest BCUT2D eigenvalue weighted by molar-refractivity contribution is 0.0625. The summed E-state index contributed by atoms with van der Waals surface area (Å²) in [6, 6.07) is 7.50. The van der Waals surface area contributed by atoms with Crippen LogP contribution in [0.4, 0.5) is 0 Å². The van der Waals surface area contributed by atoms with Crippen molar-refractivity contribution < 1.29 is 14.9 Å². The molecule has 0 amide bonds. The average molecular weight is 182 g/mol. The number of rotatable bonds is 4. The van der Waals surface area contributed by atoms with Crippen LogP contribution in [0.5, 0.6) is 5.75 Å². The third-order valence-corrected chi connectivity index (χ3v) is 1.79. The van der Waals surface area contributed by atoms with Crippen molar-refractivity contribution >= 4 is 0 Å². The standard InChI is InChI=1S/C10H14O3/c1-8-4-2-3-5-10(8)13-9(6-11)7-12/h2-5,9,11-12H,6-7H2,1H3. The monoisotopic (exact) mass is 182 g/mol. The van der Waals surface area contributed by atoms with Gasteiger partial charge in [-0.05, 0) is 18.6 Å². The Morgan fingerprint density at radius 3 is 2.38 bits per heavy atom.